The number of carbonyl (C=O) groups excluding carboxylic acids is 1. The van der Waals surface area contributed by atoms with Crippen molar-refractivity contribution in [3.05, 3.63) is 30.1 Å². The van der Waals surface area contributed by atoms with Gasteiger partial charge in [0.15, 0.2) is 0 Å². The zero-order valence-electron chi connectivity index (χ0n) is 10.5. The smallest absolute Gasteiger partial charge is 0.223 e. The number of carbonyl (C=O) groups is 1. The lowest BCUT2D eigenvalue weighted by Gasteiger charge is -2.15. The lowest BCUT2D eigenvalue weighted by atomic mass is 10.2. The summed E-state index contributed by atoms with van der Waals surface area (Å²) in [5.74, 6) is 0.123. The van der Waals surface area contributed by atoms with E-state index >= 15 is 0 Å². The van der Waals surface area contributed by atoms with Crippen LogP contribution < -0.4 is 5.32 Å². The molecule has 5 heteroatoms. The van der Waals surface area contributed by atoms with E-state index in [-0.39, 0.29) is 30.3 Å². The predicted molar refractivity (Wildman–Crippen MR) is 71.0 cm³/mol. The molecule has 1 rings (SSSR count). The van der Waals surface area contributed by atoms with Gasteiger partial charge in [-0.05, 0) is 31.2 Å². The summed E-state index contributed by atoms with van der Waals surface area (Å²) in [6, 6.07) is 5.97. The highest BCUT2D eigenvalue weighted by Crippen LogP contribution is 2.20. The lowest BCUT2D eigenvalue weighted by Crippen LogP contribution is -2.39. The number of thioether (sulfide) groups is 1. The van der Waals surface area contributed by atoms with Crippen LogP contribution in [-0.2, 0) is 4.79 Å². The van der Waals surface area contributed by atoms with Crippen LogP contribution in [0.4, 0.5) is 4.39 Å². The predicted octanol–water partition coefficient (Wildman–Crippen LogP) is 2.05. The van der Waals surface area contributed by atoms with E-state index in [0.717, 1.165) is 4.90 Å². The highest BCUT2D eigenvalue weighted by Gasteiger charge is 2.15. The summed E-state index contributed by atoms with van der Waals surface area (Å²) in [5, 5.41) is 11.6. The quantitative estimate of drug-likeness (QED) is 0.779. The molecule has 3 nitrogen and oxygen atoms in total. The fourth-order valence-corrected chi connectivity index (χ4v) is 2.18. The molecule has 18 heavy (non-hydrogen) atoms. The van der Waals surface area contributed by atoms with Gasteiger partial charge in [0.2, 0.25) is 5.91 Å². The van der Waals surface area contributed by atoms with Gasteiger partial charge in [0, 0.05) is 22.6 Å². The Hall–Kier alpha value is -1.07. The Balaban J connectivity index is 2.38. The zero-order chi connectivity index (χ0) is 13.5. The largest absolute Gasteiger partial charge is 0.394 e. The van der Waals surface area contributed by atoms with Gasteiger partial charge in [-0.3, -0.25) is 4.79 Å². The van der Waals surface area contributed by atoms with Crippen molar-refractivity contribution in [3.8, 4) is 0 Å². The molecule has 100 valence electrons. The summed E-state index contributed by atoms with van der Waals surface area (Å²) in [7, 11) is 0. The molecule has 1 aromatic rings. The van der Waals surface area contributed by atoms with Gasteiger partial charge >= 0.3 is 0 Å². The second kappa shape index (κ2) is 7.38. The molecular weight excluding hydrogens is 253 g/mol. The summed E-state index contributed by atoms with van der Waals surface area (Å²) in [4.78, 5) is 12.6. The van der Waals surface area contributed by atoms with Gasteiger partial charge in [-0.15, -0.1) is 11.8 Å². The van der Waals surface area contributed by atoms with Crippen molar-refractivity contribution in [2.45, 2.75) is 24.8 Å². The maximum absolute atomic E-state index is 12.7. The number of aliphatic hydroxyl groups is 1. The fraction of sp³-hybridized carbons (Fsp3) is 0.462. The summed E-state index contributed by atoms with van der Waals surface area (Å²) >= 11 is 1.51. The SMILES string of the molecule is CC(CO)NC(=O)C(C)CSc1ccc(F)cc1. The van der Waals surface area contributed by atoms with Crippen LogP contribution >= 0.6 is 11.8 Å². The maximum Gasteiger partial charge on any atom is 0.223 e. The summed E-state index contributed by atoms with van der Waals surface area (Å²) in [6.45, 7) is 3.51. The van der Waals surface area contributed by atoms with Crippen LogP contribution in [0.3, 0.4) is 0 Å². The number of hydrogen-bond donors (Lipinski definition) is 2. The van der Waals surface area contributed by atoms with Gasteiger partial charge < -0.3 is 10.4 Å². The standard InChI is InChI=1S/C13H18FNO2S/c1-9(13(17)15-10(2)7-16)8-18-12-5-3-11(14)4-6-12/h3-6,9-10,16H,7-8H2,1-2H3,(H,15,17). The van der Waals surface area contributed by atoms with Crippen molar-refractivity contribution in [1.82, 2.24) is 5.32 Å². The van der Waals surface area contributed by atoms with Crippen molar-refractivity contribution in [2.24, 2.45) is 5.92 Å². The minimum atomic E-state index is -0.262. The van der Waals surface area contributed by atoms with Crippen molar-refractivity contribution >= 4 is 17.7 Å². The Kier molecular flexibility index (Phi) is 6.15. The Morgan fingerprint density at radius 1 is 1.39 bits per heavy atom. The highest BCUT2D eigenvalue weighted by atomic mass is 32.2. The number of rotatable bonds is 6. The average Bonchev–Trinajstić information content (AvgIpc) is 2.37. The van der Waals surface area contributed by atoms with E-state index in [2.05, 4.69) is 5.32 Å². The van der Waals surface area contributed by atoms with Crippen LogP contribution in [-0.4, -0.2) is 29.4 Å². The molecule has 1 amide bonds. The van der Waals surface area contributed by atoms with Gasteiger partial charge in [-0.2, -0.15) is 0 Å². The normalized spacial score (nSPS) is 14.0. The molecule has 0 spiro atoms. The van der Waals surface area contributed by atoms with Crippen LogP contribution in [0, 0.1) is 11.7 Å². The van der Waals surface area contributed by atoms with Gasteiger partial charge in [-0.25, -0.2) is 4.39 Å². The third kappa shape index (κ3) is 5.06. The first kappa shape index (κ1) is 15.0. The Labute approximate surface area is 111 Å². The maximum atomic E-state index is 12.7. The summed E-state index contributed by atoms with van der Waals surface area (Å²) in [6.07, 6.45) is 0. The molecule has 0 fully saturated rings. The first-order valence-electron chi connectivity index (χ1n) is 5.82. The van der Waals surface area contributed by atoms with Crippen LogP contribution in [0.1, 0.15) is 13.8 Å². The average molecular weight is 271 g/mol. The highest BCUT2D eigenvalue weighted by molar-refractivity contribution is 7.99. The topological polar surface area (TPSA) is 49.3 Å². The molecule has 2 atom stereocenters. The van der Waals surface area contributed by atoms with Gasteiger partial charge in [-0.1, -0.05) is 6.92 Å². The second-order valence-electron chi connectivity index (χ2n) is 4.26. The van der Waals surface area contributed by atoms with Crippen molar-refractivity contribution in [2.75, 3.05) is 12.4 Å². The second-order valence-corrected chi connectivity index (χ2v) is 5.35. The van der Waals surface area contributed by atoms with Crippen LogP contribution in [0.25, 0.3) is 0 Å². The molecule has 2 N–H and O–H groups in total. The van der Waals surface area contributed by atoms with Gasteiger partial charge in [0.1, 0.15) is 5.82 Å². The molecule has 2 unspecified atom stereocenters. The first-order chi connectivity index (χ1) is 8.52. The van der Waals surface area contributed by atoms with Gasteiger partial charge in [0.05, 0.1) is 6.61 Å². The molecule has 0 aromatic heterocycles. The molecule has 0 heterocycles. The Bertz CT molecular complexity index is 383. The lowest BCUT2D eigenvalue weighted by molar-refractivity contribution is -0.124. The molecule has 0 radical (unpaired) electrons. The van der Waals surface area contributed by atoms with E-state index < -0.39 is 0 Å². The number of nitrogens with one attached hydrogen (secondary N) is 1. The molecular formula is C13H18FNO2S. The van der Waals surface area contributed by atoms with E-state index in [9.17, 15) is 9.18 Å². The van der Waals surface area contributed by atoms with E-state index in [4.69, 9.17) is 5.11 Å². The summed E-state index contributed by atoms with van der Waals surface area (Å²) < 4.78 is 12.7. The van der Waals surface area contributed by atoms with Crippen LogP contribution in [0.5, 0.6) is 0 Å². The van der Waals surface area contributed by atoms with Crippen molar-refractivity contribution in [1.29, 1.82) is 0 Å². The van der Waals surface area contributed by atoms with Gasteiger partial charge in [0.25, 0.3) is 0 Å². The third-order valence-corrected chi connectivity index (χ3v) is 3.70. The van der Waals surface area contributed by atoms with E-state index in [0.29, 0.717) is 5.75 Å². The molecule has 0 saturated heterocycles. The zero-order valence-corrected chi connectivity index (χ0v) is 11.3. The number of amides is 1. The minimum absolute atomic E-state index is 0.0659. The molecule has 1 aromatic carbocycles. The number of hydrogen-bond acceptors (Lipinski definition) is 3. The fourth-order valence-electron chi connectivity index (χ4n) is 1.26. The molecule has 0 aliphatic rings. The van der Waals surface area contributed by atoms with Crippen molar-refractivity contribution < 1.29 is 14.3 Å². The van der Waals surface area contributed by atoms with E-state index in [1.54, 1.807) is 19.1 Å². The number of benzene rings is 1. The molecule has 0 saturated carbocycles. The van der Waals surface area contributed by atoms with Crippen LogP contribution in [0.15, 0.2) is 29.2 Å². The third-order valence-electron chi connectivity index (χ3n) is 2.42. The Morgan fingerprint density at radius 2 is 2.00 bits per heavy atom. The molecule has 0 bridgehead atoms. The summed E-state index contributed by atoms with van der Waals surface area (Å²) in [5.41, 5.74) is 0. The monoisotopic (exact) mass is 271 g/mol. The Morgan fingerprint density at radius 3 is 2.56 bits per heavy atom. The number of aliphatic hydroxyl groups excluding tert-OH is 1. The molecule has 0 aliphatic heterocycles. The first-order valence-corrected chi connectivity index (χ1v) is 6.81. The van der Waals surface area contributed by atoms with E-state index in [1.165, 1.54) is 23.9 Å². The number of halogens is 1. The van der Waals surface area contributed by atoms with Crippen LogP contribution in [0.2, 0.25) is 0 Å². The van der Waals surface area contributed by atoms with E-state index in [1.807, 2.05) is 6.92 Å². The molecule has 0 aliphatic carbocycles. The minimum Gasteiger partial charge on any atom is -0.394 e. The van der Waals surface area contributed by atoms with Crippen molar-refractivity contribution in [3.63, 3.8) is 0 Å².